The highest BCUT2D eigenvalue weighted by Crippen LogP contribution is 2.21. The molecule has 162 valence electrons. The summed E-state index contributed by atoms with van der Waals surface area (Å²) in [6.07, 6.45) is 1.25. The summed E-state index contributed by atoms with van der Waals surface area (Å²) in [6, 6.07) is 7.75. The van der Waals surface area contributed by atoms with E-state index in [1.165, 1.54) is 10.7 Å². The number of hydrogen-bond donors (Lipinski definition) is 1. The Kier molecular flexibility index (Phi) is 7.54. The molecule has 1 aromatic carbocycles. The fourth-order valence-corrected chi connectivity index (χ4v) is 5.89. The molecule has 2 heterocycles. The second-order valence-corrected chi connectivity index (χ2v) is 10.3. The maximum Gasteiger partial charge on any atom is 0.218 e. The van der Waals surface area contributed by atoms with Crippen molar-refractivity contribution >= 4 is 16.0 Å². The van der Waals surface area contributed by atoms with Gasteiger partial charge in [-0.05, 0) is 29.4 Å². The molecule has 2 fully saturated rings. The topological polar surface area (TPSA) is 74.2 Å². The van der Waals surface area contributed by atoms with Crippen molar-refractivity contribution in [3.8, 4) is 0 Å². The quantitative estimate of drug-likeness (QED) is 0.580. The molecule has 0 radical (unpaired) electrons. The number of piperidine rings is 1. The minimum Gasteiger partial charge on any atom is -0.379 e. The Hall–Kier alpha value is -1.64. The van der Waals surface area contributed by atoms with E-state index in [1.54, 1.807) is 7.05 Å². The first-order valence-electron chi connectivity index (χ1n) is 10.5. The van der Waals surface area contributed by atoms with E-state index in [0.29, 0.717) is 44.7 Å². The molecule has 0 aromatic heterocycles. The number of sulfonamides is 1. The van der Waals surface area contributed by atoms with Gasteiger partial charge in [0.1, 0.15) is 0 Å². The standard InChI is InChI=1S/C21H34N4O3S/c1-17-12-18(2)15-24(14-17)21(22-3)23-13-19-6-4-5-7-20(19)16-29(26,27)25-8-10-28-11-9-25/h4-7,17-18H,8-16H2,1-3H3,(H,22,23). The Bertz CT molecular complexity index is 796. The van der Waals surface area contributed by atoms with E-state index in [9.17, 15) is 8.42 Å². The number of morpholine rings is 1. The number of hydrogen-bond acceptors (Lipinski definition) is 4. The average Bonchev–Trinajstić information content (AvgIpc) is 2.69. The predicted molar refractivity (Wildman–Crippen MR) is 116 cm³/mol. The van der Waals surface area contributed by atoms with Crippen molar-refractivity contribution in [2.75, 3.05) is 46.4 Å². The fourth-order valence-electron chi connectivity index (χ4n) is 4.33. The normalized spacial score (nSPS) is 24.5. The molecule has 8 heteroatoms. The molecular weight excluding hydrogens is 388 g/mol. The molecule has 2 aliphatic heterocycles. The van der Waals surface area contributed by atoms with Crippen LogP contribution in [0.4, 0.5) is 0 Å². The number of guanidine groups is 1. The van der Waals surface area contributed by atoms with Gasteiger partial charge in [0.2, 0.25) is 10.0 Å². The first-order valence-corrected chi connectivity index (χ1v) is 12.1. The fraction of sp³-hybridized carbons (Fsp3) is 0.667. The van der Waals surface area contributed by atoms with Crippen LogP contribution in [0, 0.1) is 11.8 Å². The predicted octanol–water partition coefficient (Wildman–Crippen LogP) is 1.90. The smallest absolute Gasteiger partial charge is 0.218 e. The highest BCUT2D eigenvalue weighted by atomic mass is 32.2. The zero-order valence-electron chi connectivity index (χ0n) is 17.8. The van der Waals surface area contributed by atoms with Gasteiger partial charge in [0.25, 0.3) is 0 Å². The molecular formula is C21H34N4O3S. The summed E-state index contributed by atoms with van der Waals surface area (Å²) in [5.74, 6) is 2.18. The van der Waals surface area contributed by atoms with Crippen LogP contribution in [-0.2, 0) is 27.1 Å². The van der Waals surface area contributed by atoms with Gasteiger partial charge in [-0.25, -0.2) is 8.42 Å². The van der Waals surface area contributed by atoms with Crippen LogP contribution in [0.2, 0.25) is 0 Å². The van der Waals surface area contributed by atoms with Crippen molar-refractivity contribution in [1.29, 1.82) is 0 Å². The molecule has 1 N–H and O–H groups in total. The molecule has 29 heavy (non-hydrogen) atoms. The van der Waals surface area contributed by atoms with Gasteiger partial charge in [0.15, 0.2) is 5.96 Å². The summed E-state index contributed by atoms with van der Waals surface area (Å²) in [7, 11) is -1.55. The summed E-state index contributed by atoms with van der Waals surface area (Å²) >= 11 is 0. The SMILES string of the molecule is CN=C(NCc1ccccc1CS(=O)(=O)N1CCOCC1)N1CC(C)CC(C)C1. The van der Waals surface area contributed by atoms with Crippen LogP contribution in [-0.4, -0.2) is 70.0 Å². The third-order valence-electron chi connectivity index (χ3n) is 5.64. The summed E-state index contributed by atoms with van der Waals surface area (Å²) in [5, 5.41) is 3.45. The number of rotatable bonds is 5. The molecule has 0 spiro atoms. The number of ether oxygens (including phenoxy) is 1. The van der Waals surface area contributed by atoms with Crippen LogP contribution in [0.15, 0.2) is 29.3 Å². The summed E-state index contributed by atoms with van der Waals surface area (Å²) in [6.45, 7) is 8.90. The van der Waals surface area contributed by atoms with Crippen molar-refractivity contribution in [2.24, 2.45) is 16.8 Å². The molecule has 0 aliphatic carbocycles. The Morgan fingerprint density at radius 1 is 1.14 bits per heavy atom. The summed E-state index contributed by atoms with van der Waals surface area (Å²) in [5.41, 5.74) is 1.82. The van der Waals surface area contributed by atoms with Crippen LogP contribution >= 0.6 is 0 Å². The number of likely N-dealkylation sites (tertiary alicyclic amines) is 1. The van der Waals surface area contributed by atoms with Gasteiger partial charge in [0.05, 0.1) is 19.0 Å². The highest BCUT2D eigenvalue weighted by Gasteiger charge is 2.26. The van der Waals surface area contributed by atoms with Crippen LogP contribution in [0.3, 0.4) is 0 Å². The molecule has 2 aliphatic rings. The van der Waals surface area contributed by atoms with Crippen molar-refractivity contribution in [1.82, 2.24) is 14.5 Å². The second-order valence-electron chi connectivity index (χ2n) is 8.29. The van der Waals surface area contributed by atoms with Gasteiger partial charge in [-0.2, -0.15) is 4.31 Å². The Morgan fingerprint density at radius 3 is 2.38 bits per heavy atom. The lowest BCUT2D eigenvalue weighted by Gasteiger charge is -2.37. The number of nitrogens with one attached hydrogen (secondary N) is 1. The van der Waals surface area contributed by atoms with Crippen LogP contribution in [0.5, 0.6) is 0 Å². The second kappa shape index (κ2) is 9.91. The van der Waals surface area contributed by atoms with Gasteiger partial charge < -0.3 is 15.0 Å². The van der Waals surface area contributed by atoms with E-state index in [-0.39, 0.29) is 5.75 Å². The molecule has 0 saturated carbocycles. The molecule has 0 bridgehead atoms. The zero-order valence-corrected chi connectivity index (χ0v) is 18.6. The van der Waals surface area contributed by atoms with E-state index in [2.05, 4.69) is 29.1 Å². The van der Waals surface area contributed by atoms with Crippen molar-refractivity contribution in [2.45, 2.75) is 32.6 Å². The van der Waals surface area contributed by atoms with E-state index in [4.69, 9.17) is 4.74 Å². The van der Waals surface area contributed by atoms with Crippen LogP contribution in [0.1, 0.15) is 31.4 Å². The number of nitrogens with zero attached hydrogens (tertiary/aromatic N) is 3. The molecule has 2 unspecified atom stereocenters. The molecule has 2 saturated heterocycles. The van der Waals surface area contributed by atoms with Crippen molar-refractivity contribution in [3.05, 3.63) is 35.4 Å². The van der Waals surface area contributed by atoms with E-state index in [1.807, 2.05) is 24.3 Å². The lowest BCUT2D eigenvalue weighted by molar-refractivity contribution is 0.0729. The largest absolute Gasteiger partial charge is 0.379 e. The molecule has 7 nitrogen and oxygen atoms in total. The van der Waals surface area contributed by atoms with E-state index < -0.39 is 10.0 Å². The molecule has 2 atom stereocenters. The van der Waals surface area contributed by atoms with Gasteiger partial charge in [-0.3, -0.25) is 4.99 Å². The summed E-state index contributed by atoms with van der Waals surface area (Å²) < 4.78 is 32.5. The minimum absolute atomic E-state index is 0.0151. The Morgan fingerprint density at radius 2 is 1.76 bits per heavy atom. The first-order chi connectivity index (χ1) is 13.9. The zero-order chi connectivity index (χ0) is 20.9. The van der Waals surface area contributed by atoms with Crippen molar-refractivity contribution in [3.63, 3.8) is 0 Å². The first kappa shape index (κ1) is 22.1. The van der Waals surface area contributed by atoms with E-state index in [0.717, 1.165) is 30.2 Å². The van der Waals surface area contributed by atoms with Crippen LogP contribution in [0.25, 0.3) is 0 Å². The van der Waals surface area contributed by atoms with Gasteiger partial charge in [0, 0.05) is 39.8 Å². The monoisotopic (exact) mass is 422 g/mol. The lowest BCUT2D eigenvalue weighted by atomic mass is 9.92. The maximum absolute atomic E-state index is 12.8. The van der Waals surface area contributed by atoms with E-state index >= 15 is 0 Å². The molecule has 0 amide bonds. The van der Waals surface area contributed by atoms with Gasteiger partial charge in [-0.1, -0.05) is 38.1 Å². The Balaban J connectivity index is 1.67. The van der Waals surface area contributed by atoms with Crippen LogP contribution < -0.4 is 5.32 Å². The summed E-state index contributed by atoms with van der Waals surface area (Å²) in [4.78, 5) is 6.78. The Labute approximate surface area is 175 Å². The number of aliphatic imine (C=N–C) groups is 1. The average molecular weight is 423 g/mol. The minimum atomic E-state index is -3.35. The third kappa shape index (κ3) is 5.93. The number of benzene rings is 1. The van der Waals surface area contributed by atoms with Gasteiger partial charge >= 0.3 is 0 Å². The van der Waals surface area contributed by atoms with Gasteiger partial charge in [-0.15, -0.1) is 0 Å². The molecule has 1 aromatic rings. The maximum atomic E-state index is 12.8. The third-order valence-corrected chi connectivity index (χ3v) is 7.46. The molecule has 3 rings (SSSR count). The van der Waals surface area contributed by atoms with Crippen molar-refractivity contribution < 1.29 is 13.2 Å². The highest BCUT2D eigenvalue weighted by molar-refractivity contribution is 7.88. The lowest BCUT2D eigenvalue weighted by Crippen LogP contribution is -2.48.